The van der Waals surface area contributed by atoms with Crippen molar-refractivity contribution in [3.05, 3.63) is 23.8 Å². The van der Waals surface area contributed by atoms with Crippen molar-refractivity contribution in [1.29, 1.82) is 0 Å². The largest absolute Gasteiger partial charge is 0.326 e. The molecule has 18 heavy (non-hydrogen) atoms. The quantitative estimate of drug-likeness (QED) is 0.858. The van der Waals surface area contributed by atoms with Gasteiger partial charge in [-0.1, -0.05) is 6.07 Å². The normalized spacial score (nSPS) is 16.6. The van der Waals surface area contributed by atoms with Crippen LogP contribution < -0.4 is 16.0 Å². The molecule has 3 N–H and O–H groups in total. The number of rotatable bonds is 4. The second-order valence-corrected chi connectivity index (χ2v) is 5.62. The first-order valence-electron chi connectivity index (χ1n) is 6.08. The van der Waals surface area contributed by atoms with Crippen molar-refractivity contribution >= 4 is 23.4 Å². The first kappa shape index (κ1) is 13.4. The lowest BCUT2D eigenvalue weighted by Crippen LogP contribution is -2.42. The summed E-state index contributed by atoms with van der Waals surface area (Å²) in [6.07, 6.45) is 0. The molecule has 1 amide bonds. The second kappa shape index (κ2) is 5.73. The zero-order valence-corrected chi connectivity index (χ0v) is 11.6. The number of amides is 1. The van der Waals surface area contributed by atoms with E-state index in [1.807, 2.05) is 18.9 Å². The highest BCUT2D eigenvalue weighted by molar-refractivity contribution is 8.00. The smallest absolute Gasteiger partial charge is 0.237 e. The number of hydrogen-bond donors (Lipinski definition) is 2. The summed E-state index contributed by atoms with van der Waals surface area (Å²) in [6.45, 7) is 3.31. The first-order valence-corrected chi connectivity index (χ1v) is 7.06. The average Bonchev–Trinajstić information content (AvgIpc) is 2.33. The van der Waals surface area contributed by atoms with Crippen molar-refractivity contribution < 1.29 is 4.79 Å². The number of nitrogens with zero attached hydrogens (tertiary/aromatic N) is 1. The van der Waals surface area contributed by atoms with E-state index in [-0.39, 0.29) is 11.9 Å². The Labute approximate surface area is 112 Å². The molecule has 0 saturated carbocycles. The molecule has 5 heteroatoms. The molecule has 98 valence electrons. The van der Waals surface area contributed by atoms with E-state index in [1.54, 1.807) is 11.8 Å². The van der Waals surface area contributed by atoms with Gasteiger partial charge in [-0.25, -0.2) is 0 Å². The second-order valence-electron chi connectivity index (χ2n) is 4.60. The molecule has 1 aliphatic rings. The van der Waals surface area contributed by atoms with Crippen LogP contribution in [0.15, 0.2) is 23.1 Å². The van der Waals surface area contributed by atoms with Gasteiger partial charge in [0, 0.05) is 24.0 Å². The van der Waals surface area contributed by atoms with Crippen LogP contribution in [0.3, 0.4) is 0 Å². The molecular weight excluding hydrogens is 246 g/mol. The maximum Gasteiger partial charge on any atom is 0.237 e. The Balaban J connectivity index is 2.33. The fourth-order valence-electron chi connectivity index (χ4n) is 2.05. The Morgan fingerprint density at radius 1 is 1.56 bits per heavy atom. The van der Waals surface area contributed by atoms with Crippen LogP contribution in [0.4, 0.5) is 5.69 Å². The molecule has 0 radical (unpaired) electrons. The minimum absolute atomic E-state index is 0.0159. The van der Waals surface area contributed by atoms with E-state index in [0.29, 0.717) is 12.3 Å². The lowest BCUT2D eigenvalue weighted by atomic mass is 10.1. The molecule has 0 spiro atoms. The van der Waals surface area contributed by atoms with Gasteiger partial charge in [-0.2, -0.15) is 0 Å². The number of anilines is 1. The molecule has 1 heterocycles. The number of hydrogen-bond acceptors (Lipinski definition) is 4. The van der Waals surface area contributed by atoms with Crippen molar-refractivity contribution in [2.24, 2.45) is 5.73 Å². The summed E-state index contributed by atoms with van der Waals surface area (Å²) >= 11 is 1.60. The highest BCUT2D eigenvalue weighted by Crippen LogP contribution is 2.35. The van der Waals surface area contributed by atoms with Gasteiger partial charge in [0.05, 0.1) is 11.4 Å². The van der Waals surface area contributed by atoms with Crippen LogP contribution >= 0.6 is 11.8 Å². The van der Waals surface area contributed by atoms with E-state index >= 15 is 0 Å². The Morgan fingerprint density at radius 3 is 3.00 bits per heavy atom. The topological polar surface area (TPSA) is 58.4 Å². The van der Waals surface area contributed by atoms with Gasteiger partial charge in [-0.05, 0) is 31.7 Å². The summed E-state index contributed by atoms with van der Waals surface area (Å²) in [5, 5.41) is 3.12. The Kier molecular flexibility index (Phi) is 4.27. The zero-order chi connectivity index (χ0) is 13.1. The van der Waals surface area contributed by atoms with Crippen molar-refractivity contribution in [2.45, 2.75) is 24.4 Å². The lowest BCUT2D eigenvalue weighted by Gasteiger charge is -2.30. The molecule has 4 nitrogen and oxygen atoms in total. The van der Waals surface area contributed by atoms with Crippen LogP contribution in [0.5, 0.6) is 0 Å². The number of fused-ring (bicyclic) bond motifs is 1. The van der Waals surface area contributed by atoms with Gasteiger partial charge in [0.2, 0.25) is 5.91 Å². The third kappa shape index (κ3) is 2.85. The maximum atomic E-state index is 12.0. The number of benzene rings is 1. The van der Waals surface area contributed by atoms with Gasteiger partial charge < -0.3 is 16.0 Å². The third-order valence-electron chi connectivity index (χ3n) is 2.82. The first-order chi connectivity index (χ1) is 8.61. The summed E-state index contributed by atoms with van der Waals surface area (Å²) in [5.41, 5.74) is 8.01. The van der Waals surface area contributed by atoms with E-state index in [9.17, 15) is 4.79 Å². The molecule has 0 saturated heterocycles. The lowest BCUT2D eigenvalue weighted by molar-refractivity contribution is -0.116. The number of nitrogens with one attached hydrogen (secondary N) is 1. The van der Waals surface area contributed by atoms with Crippen LogP contribution in [0.2, 0.25) is 0 Å². The van der Waals surface area contributed by atoms with E-state index in [1.165, 1.54) is 5.56 Å². The SMILES string of the molecule is CNCc1ccc2c(c1)N(CC(C)N)C(=O)CS2. The van der Waals surface area contributed by atoms with E-state index in [0.717, 1.165) is 17.1 Å². The van der Waals surface area contributed by atoms with Gasteiger partial charge in [-0.15, -0.1) is 11.8 Å². The Morgan fingerprint density at radius 2 is 2.33 bits per heavy atom. The average molecular weight is 265 g/mol. The molecule has 1 aromatic rings. The molecule has 1 aromatic carbocycles. The molecule has 2 rings (SSSR count). The summed E-state index contributed by atoms with van der Waals surface area (Å²) < 4.78 is 0. The molecule has 0 fully saturated rings. The minimum Gasteiger partial charge on any atom is -0.326 e. The highest BCUT2D eigenvalue weighted by atomic mass is 32.2. The summed E-state index contributed by atoms with van der Waals surface area (Å²) in [4.78, 5) is 15.0. The van der Waals surface area contributed by atoms with Crippen molar-refractivity contribution in [2.75, 3.05) is 24.2 Å². The predicted molar refractivity (Wildman–Crippen MR) is 75.9 cm³/mol. The van der Waals surface area contributed by atoms with Crippen LogP contribution in [0.1, 0.15) is 12.5 Å². The molecule has 1 unspecified atom stereocenters. The van der Waals surface area contributed by atoms with Crippen LogP contribution in [-0.4, -0.2) is 31.3 Å². The highest BCUT2D eigenvalue weighted by Gasteiger charge is 2.25. The molecule has 0 bridgehead atoms. The zero-order valence-electron chi connectivity index (χ0n) is 10.8. The van der Waals surface area contributed by atoms with Gasteiger partial charge >= 0.3 is 0 Å². The summed E-state index contributed by atoms with van der Waals surface area (Å²) in [7, 11) is 1.92. The number of nitrogens with two attached hydrogens (primary N) is 1. The summed E-state index contributed by atoms with van der Waals surface area (Å²) in [6, 6.07) is 6.26. The third-order valence-corrected chi connectivity index (χ3v) is 3.87. The van der Waals surface area contributed by atoms with Gasteiger partial charge in [0.25, 0.3) is 0 Å². The van der Waals surface area contributed by atoms with Crippen molar-refractivity contribution in [3.8, 4) is 0 Å². The fraction of sp³-hybridized carbons (Fsp3) is 0.462. The van der Waals surface area contributed by atoms with Gasteiger partial charge in [0.1, 0.15) is 0 Å². The predicted octanol–water partition coefficient (Wildman–Crippen LogP) is 1.19. The number of thioether (sulfide) groups is 1. The molecular formula is C13H19N3OS. The van der Waals surface area contributed by atoms with Crippen molar-refractivity contribution in [1.82, 2.24) is 5.32 Å². The van der Waals surface area contributed by atoms with Crippen LogP contribution in [-0.2, 0) is 11.3 Å². The Bertz CT molecular complexity index is 448. The van der Waals surface area contributed by atoms with Crippen LogP contribution in [0.25, 0.3) is 0 Å². The Hall–Kier alpha value is -1.04. The molecule has 1 aliphatic heterocycles. The summed E-state index contributed by atoms with van der Waals surface area (Å²) in [5.74, 6) is 0.650. The van der Waals surface area contributed by atoms with Crippen LogP contribution in [0, 0.1) is 0 Å². The van der Waals surface area contributed by atoms with Gasteiger partial charge in [0.15, 0.2) is 0 Å². The van der Waals surface area contributed by atoms with E-state index < -0.39 is 0 Å². The number of carbonyl (C=O) groups is 1. The monoisotopic (exact) mass is 265 g/mol. The minimum atomic E-state index is -0.0159. The maximum absolute atomic E-state index is 12.0. The van der Waals surface area contributed by atoms with Crippen molar-refractivity contribution in [3.63, 3.8) is 0 Å². The molecule has 0 aromatic heterocycles. The number of carbonyl (C=O) groups excluding carboxylic acids is 1. The molecule has 0 aliphatic carbocycles. The standard InChI is InChI=1S/C13H19N3OS/c1-9(14)7-16-11-5-10(6-15-2)3-4-12(11)18-8-13(16)17/h3-5,9,15H,6-8,14H2,1-2H3. The van der Waals surface area contributed by atoms with E-state index in [2.05, 4.69) is 23.5 Å². The van der Waals surface area contributed by atoms with E-state index in [4.69, 9.17) is 5.73 Å². The fourth-order valence-corrected chi connectivity index (χ4v) is 2.97. The van der Waals surface area contributed by atoms with Gasteiger partial charge in [-0.3, -0.25) is 4.79 Å². The molecule has 1 atom stereocenters.